The van der Waals surface area contributed by atoms with Crippen LogP contribution in [0.3, 0.4) is 0 Å². The molecule has 0 fully saturated rings. The number of hydrogen-bond donors (Lipinski definition) is 0. The molecule has 0 bridgehead atoms. The van der Waals surface area contributed by atoms with Crippen molar-refractivity contribution in [2.24, 2.45) is 0 Å². The highest BCUT2D eigenvalue weighted by atomic mass is 79.9. The van der Waals surface area contributed by atoms with Gasteiger partial charge in [-0.3, -0.25) is 0 Å². The van der Waals surface area contributed by atoms with Gasteiger partial charge in [-0.1, -0.05) is 0 Å². The summed E-state index contributed by atoms with van der Waals surface area (Å²) < 4.78 is 58.8. The molecule has 0 N–H and O–H groups in total. The van der Waals surface area contributed by atoms with E-state index in [2.05, 4.69) is 15.9 Å². The fourth-order valence-electron chi connectivity index (χ4n) is 0.773. The van der Waals surface area contributed by atoms with Crippen LogP contribution >= 0.6 is 26.6 Å². The molecular formula is C6HBrClF3O2S. The summed E-state index contributed by atoms with van der Waals surface area (Å²) in [4.78, 5) is -1.11. The third-order valence-electron chi connectivity index (χ3n) is 1.32. The van der Waals surface area contributed by atoms with Gasteiger partial charge >= 0.3 is 0 Å². The van der Waals surface area contributed by atoms with Crippen molar-refractivity contribution in [1.82, 2.24) is 0 Å². The van der Waals surface area contributed by atoms with Gasteiger partial charge in [-0.2, -0.15) is 0 Å². The van der Waals surface area contributed by atoms with E-state index in [1.54, 1.807) is 0 Å². The average molecular weight is 309 g/mol. The molecule has 0 saturated heterocycles. The molecule has 78 valence electrons. The Labute approximate surface area is 90.2 Å². The van der Waals surface area contributed by atoms with E-state index in [-0.39, 0.29) is 6.07 Å². The Balaban J connectivity index is 3.70. The van der Waals surface area contributed by atoms with Crippen LogP contribution in [0.15, 0.2) is 15.4 Å². The highest BCUT2D eigenvalue weighted by Crippen LogP contribution is 2.31. The predicted octanol–water partition coefficient (Wildman–Crippen LogP) is 2.79. The molecule has 1 aromatic carbocycles. The maximum Gasteiger partial charge on any atom is 0.265 e. The molecule has 0 unspecified atom stereocenters. The first-order valence-corrected chi connectivity index (χ1v) is 6.13. The molecule has 1 rings (SSSR count). The molecule has 0 heterocycles. The first-order valence-electron chi connectivity index (χ1n) is 3.03. The smallest absolute Gasteiger partial charge is 0.207 e. The fraction of sp³-hybridized carbons (Fsp3) is 0. The molecule has 2 nitrogen and oxygen atoms in total. The van der Waals surface area contributed by atoms with Crippen molar-refractivity contribution in [1.29, 1.82) is 0 Å². The molecule has 0 aromatic heterocycles. The van der Waals surface area contributed by atoms with Crippen molar-refractivity contribution < 1.29 is 21.6 Å². The highest BCUT2D eigenvalue weighted by Gasteiger charge is 2.25. The second-order valence-corrected chi connectivity index (χ2v) is 5.53. The number of rotatable bonds is 1. The zero-order valence-electron chi connectivity index (χ0n) is 6.19. The molecule has 0 aliphatic rings. The van der Waals surface area contributed by atoms with Crippen LogP contribution in [0.2, 0.25) is 0 Å². The molecule has 0 atom stereocenters. The number of halogens is 5. The van der Waals surface area contributed by atoms with Crippen LogP contribution < -0.4 is 0 Å². The summed E-state index contributed by atoms with van der Waals surface area (Å²) in [7, 11) is 0.347. The summed E-state index contributed by atoms with van der Waals surface area (Å²) >= 11 is 2.40. The first kappa shape index (κ1) is 11.8. The van der Waals surface area contributed by atoms with Crippen molar-refractivity contribution >= 4 is 35.7 Å². The predicted molar refractivity (Wildman–Crippen MR) is 47.1 cm³/mol. The van der Waals surface area contributed by atoms with Crippen molar-refractivity contribution in [3.63, 3.8) is 0 Å². The molecule has 0 amide bonds. The van der Waals surface area contributed by atoms with Crippen molar-refractivity contribution in [3.05, 3.63) is 28.0 Å². The van der Waals surface area contributed by atoms with E-state index < -0.39 is 35.9 Å². The van der Waals surface area contributed by atoms with Gasteiger partial charge in [0.2, 0.25) is 0 Å². The van der Waals surface area contributed by atoms with Crippen molar-refractivity contribution in [2.45, 2.75) is 4.90 Å². The van der Waals surface area contributed by atoms with Gasteiger partial charge in [-0.25, -0.2) is 21.6 Å². The van der Waals surface area contributed by atoms with E-state index in [1.165, 1.54) is 0 Å². The lowest BCUT2D eigenvalue weighted by atomic mass is 10.3. The van der Waals surface area contributed by atoms with Gasteiger partial charge in [0.05, 0.1) is 4.47 Å². The van der Waals surface area contributed by atoms with Gasteiger partial charge in [0, 0.05) is 16.7 Å². The topological polar surface area (TPSA) is 34.1 Å². The Morgan fingerprint density at radius 2 is 1.71 bits per heavy atom. The molecule has 0 spiro atoms. The standard InChI is InChI=1S/C6HBrClF3O2S/c7-4-5(11)2(9)1-3(10)6(4)14(8,12)13/h1H. The van der Waals surface area contributed by atoms with Crippen LogP contribution in [-0.2, 0) is 9.05 Å². The molecule has 14 heavy (non-hydrogen) atoms. The summed E-state index contributed by atoms with van der Waals surface area (Å²) in [6, 6.07) is 0.107. The highest BCUT2D eigenvalue weighted by molar-refractivity contribution is 9.10. The summed E-state index contributed by atoms with van der Waals surface area (Å²) in [5.41, 5.74) is 0. The lowest BCUT2D eigenvalue weighted by molar-refractivity contribution is 0.477. The largest absolute Gasteiger partial charge is 0.265 e. The van der Waals surface area contributed by atoms with Crippen LogP contribution in [0.25, 0.3) is 0 Å². The van der Waals surface area contributed by atoms with E-state index >= 15 is 0 Å². The maximum absolute atomic E-state index is 12.9. The Bertz CT molecular complexity index is 488. The van der Waals surface area contributed by atoms with Crippen molar-refractivity contribution in [2.75, 3.05) is 0 Å². The van der Waals surface area contributed by atoms with Gasteiger partial charge in [0.1, 0.15) is 10.7 Å². The zero-order chi connectivity index (χ0) is 11.1. The normalized spacial score (nSPS) is 11.8. The summed E-state index contributed by atoms with van der Waals surface area (Å²) in [6.07, 6.45) is 0. The van der Waals surface area contributed by atoms with Gasteiger partial charge in [-0.15, -0.1) is 0 Å². The Morgan fingerprint density at radius 1 is 1.21 bits per heavy atom. The molecule has 0 radical (unpaired) electrons. The van der Waals surface area contributed by atoms with Crippen molar-refractivity contribution in [3.8, 4) is 0 Å². The Kier molecular flexibility index (Phi) is 3.13. The second-order valence-electron chi connectivity index (χ2n) is 2.24. The maximum atomic E-state index is 12.9. The summed E-state index contributed by atoms with van der Waals surface area (Å²) in [5, 5.41) is 0. The fourth-order valence-corrected chi connectivity index (χ4v) is 3.12. The third kappa shape index (κ3) is 2.04. The molecule has 0 saturated carbocycles. The molecule has 1 aromatic rings. The van der Waals surface area contributed by atoms with Crippen LogP contribution in [-0.4, -0.2) is 8.42 Å². The first-order chi connectivity index (χ1) is 6.25. The SMILES string of the molecule is O=S(=O)(Cl)c1c(F)cc(F)c(F)c1Br. The Hall–Kier alpha value is -0.270. The van der Waals surface area contributed by atoms with Gasteiger partial charge in [-0.05, 0) is 15.9 Å². The molecule has 0 aliphatic carbocycles. The van der Waals surface area contributed by atoms with Crippen LogP contribution in [0, 0.1) is 17.5 Å². The second kappa shape index (κ2) is 3.71. The minimum absolute atomic E-state index is 0.107. The van der Waals surface area contributed by atoms with E-state index in [9.17, 15) is 21.6 Å². The Morgan fingerprint density at radius 3 is 2.14 bits per heavy atom. The van der Waals surface area contributed by atoms with Gasteiger partial charge in [0.25, 0.3) is 9.05 Å². The van der Waals surface area contributed by atoms with E-state index in [0.717, 1.165) is 0 Å². The summed E-state index contributed by atoms with van der Waals surface area (Å²) in [5.74, 6) is -4.46. The summed E-state index contributed by atoms with van der Waals surface area (Å²) in [6.45, 7) is 0. The number of benzene rings is 1. The lowest BCUT2D eigenvalue weighted by Gasteiger charge is -2.03. The van der Waals surface area contributed by atoms with Gasteiger partial charge in [0.15, 0.2) is 11.6 Å². The van der Waals surface area contributed by atoms with Crippen LogP contribution in [0.1, 0.15) is 0 Å². The number of hydrogen-bond acceptors (Lipinski definition) is 2. The minimum Gasteiger partial charge on any atom is -0.207 e. The molecule has 8 heteroatoms. The van der Waals surface area contributed by atoms with E-state index in [0.29, 0.717) is 0 Å². The minimum atomic E-state index is -4.46. The third-order valence-corrected chi connectivity index (χ3v) is 3.67. The lowest BCUT2D eigenvalue weighted by Crippen LogP contribution is -2.01. The van der Waals surface area contributed by atoms with E-state index in [1.807, 2.05) is 0 Å². The quantitative estimate of drug-likeness (QED) is 0.454. The van der Waals surface area contributed by atoms with Gasteiger partial charge < -0.3 is 0 Å². The monoisotopic (exact) mass is 308 g/mol. The molecular weight excluding hydrogens is 308 g/mol. The molecule has 0 aliphatic heterocycles. The zero-order valence-corrected chi connectivity index (χ0v) is 9.35. The van der Waals surface area contributed by atoms with E-state index in [4.69, 9.17) is 10.7 Å². The van der Waals surface area contributed by atoms with Crippen LogP contribution in [0.5, 0.6) is 0 Å². The van der Waals surface area contributed by atoms with Crippen LogP contribution in [0.4, 0.5) is 13.2 Å². The average Bonchev–Trinajstić information content (AvgIpc) is 1.97.